The van der Waals surface area contributed by atoms with E-state index in [0.29, 0.717) is 16.1 Å². The van der Waals surface area contributed by atoms with Crippen molar-refractivity contribution < 1.29 is 19.0 Å². The van der Waals surface area contributed by atoms with Crippen LogP contribution in [0.2, 0.25) is 0 Å². The van der Waals surface area contributed by atoms with Crippen LogP contribution < -0.4 is 9.47 Å². The van der Waals surface area contributed by atoms with E-state index < -0.39 is 5.60 Å². The van der Waals surface area contributed by atoms with Gasteiger partial charge in [0.1, 0.15) is 21.9 Å². The largest absolute Gasteiger partial charge is 0.495 e. The van der Waals surface area contributed by atoms with Crippen molar-refractivity contribution in [3.8, 4) is 11.6 Å². The molecule has 6 nitrogen and oxygen atoms in total. The summed E-state index contributed by atoms with van der Waals surface area (Å²) < 4.78 is 17.4. The predicted molar refractivity (Wildman–Crippen MR) is 94.5 cm³/mol. The van der Waals surface area contributed by atoms with Crippen LogP contribution in [0.25, 0.3) is 0 Å². The molecule has 1 aromatic heterocycles. The highest BCUT2D eigenvalue weighted by Gasteiger charge is 2.33. The van der Waals surface area contributed by atoms with Crippen LogP contribution in [-0.2, 0) is 4.74 Å². The Hall–Kier alpha value is -1.50. The number of aromatic nitrogens is 1. The number of halogens is 1. The summed E-state index contributed by atoms with van der Waals surface area (Å²) in [6.45, 7) is 5.60. The average Bonchev–Trinajstić information content (AvgIpc) is 2.95. The first kappa shape index (κ1) is 18.8. The minimum absolute atomic E-state index is 0.00999. The normalized spacial score (nSPS) is 20.6. The first-order chi connectivity index (χ1) is 11.2. The minimum Gasteiger partial charge on any atom is -0.495 e. The van der Waals surface area contributed by atoms with Crippen LogP contribution in [0, 0.1) is 0 Å². The number of pyridine rings is 1. The maximum atomic E-state index is 12.2. The summed E-state index contributed by atoms with van der Waals surface area (Å²) in [4.78, 5) is 18.1. The summed E-state index contributed by atoms with van der Waals surface area (Å²) in [5, 5.41) is 0. The van der Waals surface area contributed by atoms with Crippen molar-refractivity contribution in [3.05, 3.63) is 16.7 Å². The summed E-state index contributed by atoms with van der Waals surface area (Å²) in [5.74, 6) is 1.19. The van der Waals surface area contributed by atoms with Gasteiger partial charge in [-0.3, -0.25) is 0 Å². The fourth-order valence-corrected chi connectivity index (χ4v) is 3.15. The van der Waals surface area contributed by atoms with Crippen LogP contribution in [0.1, 0.15) is 40.0 Å². The van der Waals surface area contributed by atoms with Crippen molar-refractivity contribution in [2.75, 3.05) is 14.2 Å². The van der Waals surface area contributed by atoms with E-state index in [1.165, 1.54) is 0 Å². The number of rotatable bonds is 4. The minimum atomic E-state index is -0.491. The monoisotopic (exact) mass is 400 g/mol. The Bertz CT molecular complexity index is 588. The van der Waals surface area contributed by atoms with E-state index in [1.807, 2.05) is 20.8 Å². The molecule has 1 aliphatic carbocycles. The third kappa shape index (κ3) is 4.75. The van der Waals surface area contributed by atoms with Gasteiger partial charge in [0.05, 0.1) is 7.11 Å². The van der Waals surface area contributed by atoms with Crippen LogP contribution in [0.3, 0.4) is 0 Å². The molecule has 134 valence electrons. The van der Waals surface area contributed by atoms with Crippen LogP contribution in [0.5, 0.6) is 11.6 Å². The van der Waals surface area contributed by atoms with E-state index in [0.717, 1.165) is 19.3 Å². The van der Waals surface area contributed by atoms with Gasteiger partial charge in [-0.2, -0.15) is 0 Å². The van der Waals surface area contributed by atoms with Gasteiger partial charge in [-0.1, -0.05) is 0 Å². The lowest BCUT2D eigenvalue weighted by molar-refractivity contribution is 0.0218. The van der Waals surface area contributed by atoms with E-state index in [-0.39, 0.29) is 18.2 Å². The molecule has 1 saturated carbocycles. The first-order valence-electron chi connectivity index (χ1n) is 8.02. The Morgan fingerprint density at radius 1 is 1.38 bits per heavy atom. The molecule has 0 bridgehead atoms. The second-order valence-corrected chi connectivity index (χ2v) is 7.72. The molecule has 1 heterocycles. The third-order valence-electron chi connectivity index (χ3n) is 3.91. The van der Waals surface area contributed by atoms with Gasteiger partial charge in [-0.05, 0) is 55.6 Å². The Morgan fingerprint density at radius 2 is 2.08 bits per heavy atom. The summed E-state index contributed by atoms with van der Waals surface area (Å²) in [6.07, 6.45) is 3.86. The lowest BCUT2D eigenvalue weighted by Crippen LogP contribution is -2.40. The third-order valence-corrected chi connectivity index (χ3v) is 4.64. The number of nitrogens with zero attached hydrogens (tertiary/aromatic N) is 2. The number of carbonyl (C=O) groups is 1. The highest BCUT2D eigenvalue weighted by molar-refractivity contribution is 9.10. The van der Waals surface area contributed by atoms with Crippen LogP contribution in [0.4, 0.5) is 4.79 Å². The molecule has 0 unspecified atom stereocenters. The standard InChI is InChI=1S/C17H25BrN2O4/c1-17(2,3)24-16(21)20(4)11-6-7-12(10-11)23-15-14(18)13(22-5)8-9-19-15/h8-9,11-12H,6-7,10H2,1-5H3/t11-,12-/m1/s1. The van der Waals surface area contributed by atoms with Crippen molar-refractivity contribution in [1.82, 2.24) is 9.88 Å². The van der Waals surface area contributed by atoms with Crippen molar-refractivity contribution in [1.29, 1.82) is 0 Å². The van der Waals surface area contributed by atoms with E-state index in [9.17, 15) is 4.79 Å². The number of hydrogen-bond donors (Lipinski definition) is 0. The molecule has 0 saturated heterocycles. The molecule has 0 aliphatic heterocycles. The van der Waals surface area contributed by atoms with E-state index in [2.05, 4.69) is 20.9 Å². The zero-order chi connectivity index (χ0) is 17.9. The topological polar surface area (TPSA) is 60.9 Å². The van der Waals surface area contributed by atoms with Crippen LogP contribution in [-0.4, -0.2) is 47.9 Å². The number of hydrogen-bond acceptors (Lipinski definition) is 5. The zero-order valence-corrected chi connectivity index (χ0v) is 16.4. The molecule has 1 amide bonds. The molecule has 24 heavy (non-hydrogen) atoms. The van der Waals surface area contributed by atoms with Gasteiger partial charge in [0.25, 0.3) is 0 Å². The van der Waals surface area contributed by atoms with Gasteiger partial charge in [0, 0.05) is 25.7 Å². The SMILES string of the molecule is COc1ccnc(O[C@@H]2CC[C@@H](N(C)C(=O)OC(C)(C)C)C2)c1Br. The van der Waals surface area contributed by atoms with Gasteiger partial charge in [-0.15, -0.1) is 0 Å². The molecule has 1 aromatic rings. The van der Waals surface area contributed by atoms with Crippen LogP contribution >= 0.6 is 15.9 Å². The second-order valence-electron chi connectivity index (χ2n) is 6.93. The molecular weight excluding hydrogens is 376 g/mol. The van der Waals surface area contributed by atoms with Gasteiger partial charge < -0.3 is 19.1 Å². The fraction of sp³-hybridized carbons (Fsp3) is 0.647. The maximum Gasteiger partial charge on any atom is 0.410 e. The molecule has 7 heteroatoms. The molecule has 0 spiro atoms. The van der Waals surface area contributed by atoms with Gasteiger partial charge in [-0.25, -0.2) is 9.78 Å². The number of amides is 1. The number of carbonyl (C=O) groups excluding carboxylic acids is 1. The molecule has 0 N–H and O–H groups in total. The zero-order valence-electron chi connectivity index (χ0n) is 14.8. The highest BCUT2D eigenvalue weighted by Crippen LogP contribution is 2.35. The Balaban J connectivity index is 1.95. The van der Waals surface area contributed by atoms with Crippen molar-refractivity contribution in [2.24, 2.45) is 0 Å². The quantitative estimate of drug-likeness (QED) is 0.763. The Kier molecular flexibility index (Phi) is 5.96. The van der Waals surface area contributed by atoms with E-state index in [4.69, 9.17) is 14.2 Å². The second kappa shape index (κ2) is 7.59. The van der Waals surface area contributed by atoms with E-state index in [1.54, 1.807) is 31.3 Å². The molecule has 2 rings (SSSR count). The van der Waals surface area contributed by atoms with Crippen molar-refractivity contribution in [3.63, 3.8) is 0 Å². The molecule has 1 aliphatic rings. The van der Waals surface area contributed by atoms with Crippen LogP contribution in [0.15, 0.2) is 16.7 Å². The number of methoxy groups -OCH3 is 1. The number of ether oxygens (including phenoxy) is 3. The fourth-order valence-electron chi connectivity index (χ4n) is 2.66. The maximum absolute atomic E-state index is 12.2. The highest BCUT2D eigenvalue weighted by atomic mass is 79.9. The van der Waals surface area contributed by atoms with Gasteiger partial charge >= 0.3 is 6.09 Å². The molecule has 2 atom stereocenters. The average molecular weight is 401 g/mol. The molecule has 0 radical (unpaired) electrons. The summed E-state index contributed by atoms with van der Waals surface area (Å²) in [6, 6.07) is 1.87. The molecular formula is C17H25BrN2O4. The first-order valence-corrected chi connectivity index (χ1v) is 8.81. The summed E-state index contributed by atoms with van der Waals surface area (Å²) in [5.41, 5.74) is -0.491. The smallest absolute Gasteiger partial charge is 0.410 e. The van der Waals surface area contributed by atoms with Gasteiger partial charge in [0.2, 0.25) is 5.88 Å². The Labute approximate surface area is 151 Å². The van der Waals surface area contributed by atoms with Crippen molar-refractivity contribution in [2.45, 2.75) is 57.8 Å². The van der Waals surface area contributed by atoms with E-state index >= 15 is 0 Å². The Morgan fingerprint density at radius 3 is 2.71 bits per heavy atom. The lowest BCUT2D eigenvalue weighted by Gasteiger charge is -2.28. The summed E-state index contributed by atoms with van der Waals surface area (Å²) in [7, 11) is 3.38. The molecule has 0 aromatic carbocycles. The lowest BCUT2D eigenvalue weighted by atomic mass is 10.2. The van der Waals surface area contributed by atoms with Gasteiger partial charge in [0.15, 0.2) is 0 Å². The summed E-state index contributed by atoms with van der Waals surface area (Å²) >= 11 is 3.45. The predicted octanol–water partition coefficient (Wildman–Crippen LogP) is 4.02. The molecule has 1 fully saturated rings. The van der Waals surface area contributed by atoms with Crippen molar-refractivity contribution >= 4 is 22.0 Å².